The zero-order valence-electron chi connectivity index (χ0n) is 11.2. The zero-order valence-corrected chi connectivity index (χ0v) is 11.2. The number of hydrogen-bond donors (Lipinski definition) is 2. The van der Waals surface area contributed by atoms with E-state index in [0.29, 0.717) is 19.1 Å². The van der Waals surface area contributed by atoms with Crippen LogP contribution in [0.5, 0.6) is 5.75 Å². The summed E-state index contributed by atoms with van der Waals surface area (Å²) in [6, 6.07) is 6.22. The van der Waals surface area contributed by atoms with Crippen LogP contribution in [0.15, 0.2) is 18.2 Å². The Bertz CT molecular complexity index is 350. The number of aliphatic hydroxyl groups is 1. The third-order valence-electron chi connectivity index (χ3n) is 2.66. The van der Waals surface area contributed by atoms with Gasteiger partial charge in [0.25, 0.3) is 0 Å². The van der Waals surface area contributed by atoms with E-state index < -0.39 is 6.10 Å². The van der Waals surface area contributed by atoms with E-state index in [4.69, 9.17) is 4.74 Å². The number of benzene rings is 1. The second-order valence-corrected chi connectivity index (χ2v) is 4.72. The second kappa shape index (κ2) is 6.62. The predicted octanol–water partition coefficient (Wildman–Crippen LogP) is 2.08. The van der Waals surface area contributed by atoms with Crippen molar-refractivity contribution >= 4 is 0 Å². The molecular weight excluding hydrogens is 214 g/mol. The standard InChI is InChI=1S/C14H23NO2/c1-10(2)13-6-5-11(3)7-14(13)17-9-12(16)8-15-4/h5-7,10,12,15-16H,8-9H2,1-4H3/t12-/m1/s1. The molecule has 17 heavy (non-hydrogen) atoms. The van der Waals surface area contributed by atoms with Gasteiger partial charge in [-0.1, -0.05) is 26.0 Å². The molecule has 0 aliphatic rings. The van der Waals surface area contributed by atoms with E-state index >= 15 is 0 Å². The minimum atomic E-state index is -0.472. The maximum atomic E-state index is 9.62. The highest BCUT2D eigenvalue weighted by atomic mass is 16.5. The first kappa shape index (κ1) is 14.0. The number of nitrogens with one attached hydrogen (secondary N) is 1. The first-order chi connectivity index (χ1) is 8.04. The SMILES string of the molecule is CNC[C@@H](O)COc1cc(C)ccc1C(C)C. The van der Waals surface area contributed by atoms with Crippen molar-refractivity contribution in [1.82, 2.24) is 5.32 Å². The van der Waals surface area contributed by atoms with Gasteiger partial charge in [0.2, 0.25) is 0 Å². The van der Waals surface area contributed by atoms with Crippen molar-refractivity contribution in [2.75, 3.05) is 20.2 Å². The van der Waals surface area contributed by atoms with E-state index in [2.05, 4.69) is 31.3 Å². The van der Waals surface area contributed by atoms with Crippen LogP contribution >= 0.6 is 0 Å². The monoisotopic (exact) mass is 237 g/mol. The van der Waals surface area contributed by atoms with Crippen LogP contribution in [0.3, 0.4) is 0 Å². The lowest BCUT2D eigenvalue weighted by Gasteiger charge is -2.17. The van der Waals surface area contributed by atoms with Gasteiger partial charge in [0.05, 0.1) is 0 Å². The maximum Gasteiger partial charge on any atom is 0.123 e. The molecule has 0 aromatic heterocycles. The van der Waals surface area contributed by atoms with Gasteiger partial charge in [-0.3, -0.25) is 0 Å². The number of hydrogen-bond acceptors (Lipinski definition) is 3. The molecule has 3 nitrogen and oxygen atoms in total. The molecule has 0 amide bonds. The second-order valence-electron chi connectivity index (χ2n) is 4.72. The van der Waals surface area contributed by atoms with Gasteiger partial charge in [-0.2, -0.15) is 0 Å². The molecule has 0 aliphatic heterocycles. The van der Waals surface area contributed by atoms with Crippen LogP contribution in [0.4, 0.5) is 0 Å². The molecule has 0 heterocycles. The summed E-state index contributed by atoms with van der Waals surface area (Å²) in [5.74, 6) is 1.31. The average molecular weight is 237 g/mol. The molecule has 1 aromatic rings. The van der Waals surface area contributed by atoms with Gasteiger partial charge in [-0.25, -0.2) is 0 Å². The molecule has 1 aromatic carbocycles. The van der Waals surface area contributed by atoms with E-state index in [1.165, 1.54) is 11.1 Å². The van der Waals surface area contributed by atoms with Crippen LogP contribution in [-0.4, -0.2) is 31.4 Å². The first-order valence-corrected chi connectivity index (χ1v) is 6.10. The van der Waals surface area contributed by atoms with Gasteiger partial charge in [0.1, 0.15) is 18.5 Å². The summed E-state index contributed by atoms with van der Waals surface area (Å²) in [6.45, 7) is 7.19. The quantitative estimate of drug-likeness (QED) is 0.796. The fourth-order valence-corrected chi connectivity index (χ4v) is 1.72. The molecule has 0 radical (unpaired) electrons. The Labute approximate surface area is 104 Å². The molecule has 0 unspecified atom stereocenters. The minimum absolute atomic E-state index is 0.323. The Kier molecular flexibility index (Phi) is 5.45. The van der Waals surface area contributed by atoms with Gasteiger partial charge >= 0.3 is 0 Å². The lowest BCUT2D eigenvalue weighted by atomic mass is 10.0. The van der Waals surface area contributed by atoms with Crippen molar-refractivity contribution in [3.05, 3.63) is 29.3 Å². The van der Waals surface area contributed by atoms with Gasteiger partial charge in [0.15, 0.2) is 0 Å². The number of rotatable bonds is 6. The highest BCUT2D eigenvalue weighted by Gasteiger charge is 2.10. The molecule has 0 saturated heterocycles. The molecule has 1 atom stereocenters. The van der Waals surface area contributed by atoms with Crippen LogP contribution in [0.2, 0.25) is 0 Å². The Morgan fingerprint density at radius 2 is 2.06 bits per heavy atom. The van der Waals surface area contributed by atoms with E-state index in [-0.39, 0.29) is 0 Å². The number of aryl methyl sites for hydroxylation is 1. The molecule has 0 aliphatic carbocycles. The highest BCUT2D eigenvalue weighted by molar-refractivity contribution is 5.39. The highest BCUT2D eigenvalue weighted by Crippen LogP contribution is 2.27. The Hall–Kier alpha value is -1.06. The van der Waals surface area contributed by atoms with Crippen LogP contribution < -0.4 is 10.1 Å². The average Bonchev–Trinajstić information content (AvgIpc) is 2.26. The van der Waals surface area contributed by atoms with Crippen molar-refractivity contribution in [1.29, 1.82) is 0 Å². The number of aliphatic hydroxyl groups excluding tert-OH is 1. The lowest BCUT2D eigenvalue weighted by Crippen LogP contribution is -2.29. The summed E-state index contributed by atoms with van der Waals surface area (Å²) in [7, 11) is 1.81. The Morgan fingerprint density at radius 3 is 2.65 bits per heavy atom. The zero-order chi connectivity index (χ0) is 12.8. The number of likely N-dealkylation sites (N-methyl/N-ethyl adjacent to an activating group) is 1. The van der Waals surface area contributed by atoms with E-state index in [1.54, 1.807) is 0 Å². The third kappa shape index (κ3) is 4.36. The summed E-state index contributed by atoms with van der Waals surface area (Å²) in [4.78, 5) is 0. The van der Waals surface area contributed by atoms with Crippen molar-refractivity contribution < 1.29 is 9.84 Å². The first-order valence-electron chi connectivity index (χ1n) is 6.10. The van der Waals surface area contributed by atoms with E-state index in [9.17, 15) is 5.11 Å². The minimum Gasteiger partial charge on any atom is -0.491 e. The summed E-state index contributed by atoms with van der Waals surface area (Å²) in [5.41, 5.74) is 2.36. The van der Waals surface area contributed by atoms with Gasteiger partial charge < -0.3 is 15.2 Å². The maximum absolute atomic E-state index is 9.62. The largest absolute Gasteiger partial charge is 0.491 e. The Morgan fingerprint density at radius 1 is 1.35 bits per heavy atom. The summed E-state index contributed by atoms with van der Waals surface area (Å²) in [6.07, 6.45) is -0.472. The van der Waals surface area contributed by atoms with Crippen molar-refractivity contribution in [3.63, 3.8) is 0 Å². The van der Waals surface area contributed by atoms with Crippen LogP contribution in [0, 0.1) is 6.92 Å². The molecule has 0 saturated carbocycles. The Balaban J connectivity index is 2.71. The molecule has 2 N–H and O–H groups in total. The summed E-state index contributed by atoms with van der Waals surface area (Å²) in [5, 5.41) is 12.5. The van der Waals surface area contributed by atoms with Gasteiger partial charge in [-0.05, 0) is 37.1 Å². The summed E-state index contributed by atoms with van der Waals surface area (Å²) < 4.78 is 5.70. The molecule has 1 rings (SSSR count). The van der Waals surface area contributed by atoms with E-state index in [0.717, 1.165) is 5.75 Å². The lowest BCUT2D eigenvalue weighted by molar-refractivity contribution is 0.107. The molecular formula is C14H23NO2. The molecule has 3 heteroatoms. The predicted molar refractivity (Wildman–Crippen MR) is 70.7 cm³/mol. The van der Waals surface area contributed by atoms with Gasteiger partial charge in [0, 0.05) is 6.54 Å². The fraction of sp³-hybridized carbons (Fsp3) is 0.571. The van der Waals surface area contributed by atoms with Crippen LogP contribution in [-0.2, 0) is 0 Å². The van der Waals surface area contributed by atoms with Gasteiger partial charge in [-0.15, -0.1) is 0 Å². The summed E-state index contributed by atoms with van der Waals surface area (Å²) >= 11 is 0. The topological polar surface area (TPSA) is 41.5 Å². The molecule has 0 spiro atoms. The van der Waals surface area contributed by atoms with Crippen molar-refractivity contribution in [3.8, 4) is 5.75 Å². The van der Waals surface area contributed by atoms with Crippen molar-refractivity contribution in [2.24, 2.45) is 0 Å². The molecule has 96 valence electrons. The van der Waals surface area contributed by atoms with Crippen molar-refractivity contribution in [2.45, 2.75) is 32.8 Å². The van der Waals surface area contributed by atoms with Crippen LogP contribution in [0.25, 0.3) is 0 Å². The molecule has 0 bridgehead atoms. The van der Waals surface area contributed by atoms with E-state index in [1.807, 2.05) is 20.0 Å². The van der Waals surface area contributed by atoms with Crippen LogP contribution in [0.1, 0.15) is 30.9 Å². The number of ether oxygens (including phenoxy) is 1. The molecule has 0 fully saturated rings. The smallest absolute Gasteiger partial charge is 0.123 e. The third-order valence-corrected chi connectivity index (χ3v) is 2.66. The fourth-order valence-electron chi connectivity index (χ4n) is 1.72. The normalized spacial score (nSPS) is 12.8.